The van der Waals surface area contributed by atoms with Crippen molar-refractivity contribution in [3.63, 3.8) is 0 Å². The highest BCUT2D eigenvalue weighted by atomic mass is 16.1. The van der Waals surface area contributed by atoms with E-state index in [1.54, 1.807) is 13.0 Å². The minimum Gasteiger partial charge on any atom is -0.349 e. The van der Waals surface area contributed by atoms with Crippen molar-refractivity contribution in [1.29, 1.82) is 0 Å². The first-order valence-electron chi connectivity index (χ1n) is 3.73. The fourth-order valence-electron chi connectivity index (χ4n) is 0.316. The second-order valence-corrected chi connectivity index (χ2v) is 2.28. The third kappa shape index (κ3) is 11.7. The van der Waals surface area contributed by atoms with Crippen LogP contribution in [0.25, 0.3) is 0 Å². The molecule has 0 saturated heterocycles. The van der Waals surface area contributed by atoms with Crippen LogP contribution in [0.5, 0.6) is 0 Å². The lowest BCUT2D eigenvalue weighted by Crippen LogP contribution is -2.23. The van der Waals surface area contributed by atoms with Gasteiger partial charge in [0, 0.05) is 12.1 Å². The molecule has 0 spiro atoms. The molecule has 70 valence electrons. The molecular weight excluding hydrogens is 152 g/mol. The van der Waals surface area contributed by atoms with E-state index in [0.717, 1.165) is 0 Å². The minimum absolute atomic E-state index is 0.116. The summed E-state index contributed by atoms with van der Waals surface area (Å²) in [7, 11) is 3.75. The van der Waals surface area contributed by atoms with Crippen molar-refractivity contribution >= 4 is 5.91 Å². The minimum atomic E-state index is -0.116. The highest BCUT2D eigenvalue weighted by Crippen LogP contribution is 1.83. The van der Waals surface area contributed by atoms with Crippen LogP contribution >= 0.6 is 0 Å². The molecule has 0 aliphatic heterocycles. The van der Waals surface area contributed by atoms with Gasteiger partial charge in [-0.2, -0.15) is 0 Å². The predicted octanol–water partition coefficient (Wildman–Crippen LogP) is 0.700. The Kier molecular flexibility index (Phi) is 11.1. The normalized spacial score (nSPS) is 7.58. The summed E-state index contributed by atoms with van der Waals surface area (Å²) in [5, 5.41) is 5.33. The smallest absolute Gasteiger partial charge is 0.246 e. The van der Waals surface area contributed by atoms with Crippen LogP contribution in [-0.2, 0) is 4.79 Å². The molecule has 0 atom stereocenters. The lowest BCUT2D eigenvalue weighted by Gasteiger charge is -1.97. The van der Waals surface area contributed by atoms with Crippen molar-refractivity contribution in [3.05, 3.63) is 24.8 Å². The van der Waals surface area contributed by atoms with Crippen LogP contribution in [0.1, 0.15) is 6.92 Å². The van der Waals surface area contributed by atoms with E-state index in [2.05, 4.69) is 23.8 Å². The molecule has 0 aromatic rings. The van der Waals surface area contributed by atoms with Gasteiger partial charge in [0.15, 0.2) is 0 Å². The summed E-state index contributed by atoms with van der Waals surface area (Å²) in [5.41, 5.74) is 0.525. The molecule has 0 saturated carbocycles. The van der Waals surface area contributed by atoms with Gasteiger partial charge in [0.2, 0.25) is 5.91 Å². The number of hydrogen-bond donors (Lipinski definition) is 2. The van der Waals surface area contributed by atoms with Gasteiger partial charge in [0.25, 0.3) is 0 Å². The number of carbonyl (C=O) groups excluding carboxylic acids is 1. The summed E-state index contributed by atoms with van der Waals surface area (Å²) in [5.74, 6) is -0.116. The van der Waals surface area contributed by atoms with Gasteiger partial charge in [-0.15, -0.1) is 6.58 Å². The molecule has 2 N–H and O–H groups in total. The van der Waals surface area contributed by atoms with E-state index in [1.807, 2.05) is 14.1 Å². The topological polar surface area (TPSA) is 41.1 Å². The number of hydrogen-bond acceptors (Lipinski definition) is 2. The van der Waals surface area contributed by atoms with E-state index in [1.165, 1.54) is 0 Å². The van der Waals surface area contributed by atoms with Gasteiger partial charge in [0.1, 0.15) is 0 Å². The third-order valence-corrected chi connectivity index (χ3v) is 0.795. The maximum Gasteiger partial charge on any atom is 0.246 e. The molecule has 0 aromatic carbocycles. The van der Waals surface area contributed by atoms with Crippen molar-refractivity contribution in [2.24, 2.45) is 0 Å². The highest BCUT2D eigenvalue weighted by Gasteiger charge is 1.95. The quantitative estimate of drug-likeness (QED) is 0.483. The van der Waals surface area contributed by atoms with Gasteiger partial charge in [-0.25, -0.2) is 0 Å². The number of nitrogens with one attached hydrogen (secondary N) is 2. The summed E-state index contributed by atoms with van der Waals surface area (Å²) >= 11 is 0. The zero-order chi connectivity index (χ0) is 9.98. The van der Waals surface area contributed by atoms with Crippen molar-refractivity contribution in [3.8, 4) is 0 Å². The van der Waals surface area contributed by atoms with Crippen LogP contribution < -0.4 is 10.6 Å². The number of rotatable bonds is 3. The molecular formula is C9H18N2O. The molecule has 0 aliphatic carbocycles. The average Bonchev–Trinajstić information content (AvgIpc) is 2.01. The molecule has 0 unspecified atom stereocenters. The van der Waals surface area contributed by atoms with Gasteiger partial charge in [0.05, 0.1) is 0 Å². The van der Waals surface area contributed by atoms with Crippen LogP contribution in [0.3, 0.4) is 0 Å². The van der Waals surface area contributed by atoms with E-state index < -0.39 is 0 Å². The van der Waals surface area contributed by atoms with Crippen LogP contribution in [0.15, 0.2) is 24.8 Å². The molecule has 0 aromatic heterocycles. The lowest BCUT2D eigenvalue weighted by molar-refractivity contribution is -0.117. The van der Waals surface area contributed by atoms with Crippen LogP contribution in [0.2, 0.25) is 0 Å². The van der Waals surface area contributed by atoms with Gasteiger partial charge in [-0.05, 0) is 21.0 Å². The molecule has 0 aliphatic rings. The van der Waals surface area contributed by atoms with E-state index in [0.29, 0.717) is 12.1 Å². The molecule has 0 heterocycles. The Labute approximate surface area is 74.5 Å². The monoisotopic (exact) mass is 170 g/mol. The van der Waals surface area contributed by atoms with E-state index in [9.17, 15) is 4.79 Å². The Morgan fingerprint density at radius 1 is 1.50 bits per heavy atom. The Bertz CT molecular complexity index is 153. The summed E-state index contributed by atoms with van der Waals surface area (Å²) < 4.78 is 0. The van der Waals surface area contributed by atoms with Crippen LogP contribution in [0.4, 0.5) is 0 Å². The summed E-state index contributed by atoms with van der Waals surface area (Å²) in [6.45, 7) is 9.08. The Balaban J connectivity index is 0. The molecule has 0 bridgehead atoms. The van der Waals surface area contributed by atoms with Gasteiger partial charge >= 0.3 is 0 Å². The first-order valence-corrected chi connectivity index (χ1v) is 3.73. The summed E-state index contributed by atoms with van der Waals surface area (Å²) in [6.07, 6.45) is 1.63. The zero-order valence-corrected chi connectivity index (χ0v) is 8.11. The van der Waals surface area contributed by atoms with E-state index in [-0.39, 0.29) is 5.91 Å². The average molecular weight is 170 g/mol. The summed E-state index contributed by atoms with van der Waals surface area (Å²) in [6, 6.07) is 0. The number of carbonyl (C=O) groups is 1. The molecule has 12 heavy (non-hydrogen) atoms. The van der Waals surface area contributed by atoms with Crippen LogP contribution in [-0.4, -0.2) is 26.5 Å². The maximum atomic E-state index is 10.6. The van der Waals surface area contributed by atoms with Gasteiger partial charge in [-0.3, -0.25) is 4.79 Å². The Morgan fingerprint density at radius 3 is 2.17 bits per heavy atom. The molecule has 0 rings (SSSR count). The Hall–Kier alpha value is -1.09. The molecule has 1 amide bonds. The number of amides is 1. The van der Waals surface area contributed by atoms with Crippen molar-refractivity contribution < 1.29 is 4.79 Å². The second kappa shape index (κ2) is 9.91. The fourth-order valence-corrected chi connectivity index (χ4v) is 0.316. The van der Waals surface area contributed by atoms with E-state index in [4.69, 9.17) is 0 Å². The third-order valence-electron chi connectivity index (χ3n) is 0.795. The standard InChI is InChI=1S/C7H11NO.C2H7N/c1-4-5-8-7(9)6(2)3;1-3-2/h4H,1-2,5H2,3H3,(H,8,9);3H,1-2H3. The van der Waals surface area contributed by atoms with Crippen molar-refractivity contribution in [2.75, 3.05) is 20.6 Å². The zero-order valence-electron chi connectivity index (χ0n) is 8.11. The predicted molar refractivity (Wildman–Crippen MR) is 53.0 cm³/mol. The molecule has 0 fully saturated rings. The summed E-state index contributed by atoms with van der Waals surface area (Å²) in [4.78, 5) is 10.6. The van der Waals surface area contributed by atoms with Crippen LogP contribution in [0, 0.1) is 0 Å². The Morgan fingerprint density at radius 2 is 1.92 bits per heavy atom. The SMILES string of the molecule is C=CCNC(=O)C(=C)C.CNC. The highest BCUT2D eigenvalue weighted by molar-refractivity contribution is 5.92. The molecule has 3 nitrogen and oxygen atoms in total. The molecule has 0 radical (unpaired) electrons. The second-order valence-electron chi connectivity index (χ2n) is 2.28. The molecule has 3 heteroatoms. The maximum absolute atomic E-state index is 10.6. The lowest BCUT2D eigenvalue weighted by atomic mass is 10.3. The van der Waals surface area contributed by atoms with E-state index >= 15 is 0 Å². The van der Waals surface area contributed by atoms with Crippen molar-refractivity contribution in [2.45, 2.75) is 6.92 Å². The van der Waals surface area contributed by atoms with Gasteiger partial charge < -0.3 is 10.6 Å². The largest absolute Gasteiger partial charge is 0.349 e. The van der Waals surface area contributed by atoms with Crippen molar-refractivity contribution in [1.82, 2.24) is 10.6 Å². The first-order chi connectivity index (χ1) is 5.59. The van der Waals surface area contributed by atoms with Gasteiger partial charge in [-0.1, -0.05) is 12.7 Å². The first kappa shape index (κ1) is 13.5. The fraction of sp³-hybridized carbons (Fsp3) is 0.444.